The van der Waals surface area contributed by atoms with Gasteiger partial charge in [-0.1, -0.05) is 26.0 Å². The highest BCUT2D eigenvalue weighted by atomic mass is 32.1. The Morgan fingerprint density at radius 1 is 1.03 bits per heavy atom. The number of aromatic nitrogens is 1. The second-order valence-corrected chi connectivity index (χ2v) is 11.8. The van der Waals surface area contributed by atoms with E-state index in [2.05, 4.69) is 54.5 Å². The second-order valence-electron chi connectivity index (χ2n) is 10.8. The largest absolute Gasteiger partial charge is 0.508 e. The maximum Gasteiger partial charge on any atom is 0.126 e. The Hall–Kier alpha value is -2.96. The molecule has 0 radical (unpaired) electrons. The van der Waals surface area contributed by atoms with Crippen molar-refractivity contribution >= 4 is 22.2 Å². The molecule has 0 atom stereocenters. The summed E-state index contributed by atoms with van der Waals surface area (Å²) in [5.41, 5.74) is 5.06. The van der Waals surface area contributed by atoms with E-state index in [9.17, 15) is 10.2 Å². The fraction of sp³-hybridized carbons (Fsp3) is 0.400. The molecule has 1 aliphatic heterocycles. The van der Waals surface area contributed by atoms with Crippen LogP contribution in [0.3, 0.4) is 0 Å². The maximum atomic E-state index is 10.1. The first-order valence-corrected chi connectivity index (χ1v) is 13.7. The lowest BCUT2D eigenvalue weighted by Gasteiger charge is -2.37. The van der Waals surface area contributed by atoms with Gasteiger partial charge in [0.1, 0.15) is 23.9 Å². The van der Waals surface area contributed by atoms with Gasteiger partial charge in [-0.2, -0.15) is 0 Å². The Labute approximate surface area is 217 Å². The number of benzene rings is 2. The van der Waals surface area contributed by atoms with Crippen LogP contribution in [0.2, 0.25) is 0 Å². The molecule has 0 unspecified atom stereocenters. The zero-order valence-electron chi connectivity index (χ0n) is 21.5. The van der Waals surface area contributed by atoms with Crippen LogP contribution in [0.5, 0.6) is 17.2 Å². The van der Waals surface area contributed by atoms with Crippen molar-refractivity contribution in [1.82, 2.24) is 9.47 Å². The van der Waals surface area contributed by atoms with Crippen LogP contribution >= 0.6 is 11.3 Å². The third-order valence-electron chi connectivity index (χ3n) is 7.34. The lowest BCUT2D eigenvalue weighted by Crippen LogP contribution is -2.41. The molecule has 0 spiro atoms. The first kappa shape index (κ1) is 24.7. The van der Waals surface area contributed by atoms with Gasteiger partial charge >= 0.3 is 0 Å². The molecule has 3 heterocycles. The van der Waals surface area contributed by atoms with Crippen molar-refractivity contribution in [2.75, 3.05) is 26.2 Å². The van der Waals surface area contributed by atoms with Crippen molar-refractivity contribution in [3.05, 3.63) is 75.6 Å². The van der Waals surface area contributed by atoms with E-state index in [-0.39, 0.29) is 5.75 Å². The molecule has 1 aliphatic rings. The number of likely N-dealkylation sites (tertiary alicyclic amines) is 1. The summed E-state index contributed by atoms with van der Waals surface area (Å²) in [5, 5.41) is 22.7. The van der Waals surface area contributed by atoms with Crippen molar-refractivity contribution in [1.29, 1.82) is 0 Å². The van der Waals surface area contributed by atoms with E-state index in [0.29, 0.717) is 17.8 Å². The van der Waals surface area contributed by atoms with E-state index in [0.717, 1.165) is 53.1 Å². The van der Waals surface area contributed by atoms with Gasteiger partial charge in [0, 0.05) is 52.9 Å². The molecule has 4 aromatic rings. The van der Waals surface area contributed by atoms with Gasteiger partial charge in [0.15, 0.2) is 0 Å². The fourth-order valence-corrected chi connectivity index (χ4v) is 6.25. The number of hydrogen-bond acceptors (Lipinski definition) is 5. The number of phenolic OH excluding ortho intramolecular Hbond substituents is 1. The Balaban J connectivity index is 1.30. The summed E-state index contributed by atoms with van der Waals surface area (Å²) in [6.07, 6.45) is 3.31. The molecule has 2 aromatic carbocycles. The highest BCUT2D eigenvalue weighted by Gasteiger charge is 2.26. The van der Waals surface area contributed by atoms with Crippen LogP contribution in [0, 0.1) is 12.3 Å². The topological polar surface area (TPSA) is 57.9 Å². The van der Waals surface area contributed by atoms with Gasteiger partial charge in [-0.15, -0.1) is 11.3 Å². The molecule has 5 nitrogen and oxygen atoms in total. The molecule has 2 aromatic heterocycles. The van der Waals surface area contributed by atoms with E-state index in [1.54, 1.807) is 22.8 Å². The minimum Gasteiger partial charge on any atom is -0.508 e. The highest BCUT2D eigenvalue weighted by Crippen LogP contribution is 2.33. The smallest absolute Gasteiger partial charge is 0.126 e. The molecular formula is C30H36N2O3S. The zero-order chi connectivity index (χ0) is 25.3. The molecule has 1 fully saturated rings. The summed E-state index contributed by atoms with van der Waals surface area (Å²) in [6, 6.07) is 15.8. The second kappa shape index (κ2) is 10.2. The average molecular weight is 505 g/mol. The quantitative estimate of drug-likeness (QED) is 0.285. The number of hydrogen-bond donors (Lipinski definition) is 2. The van der Waals surface area contributed by atoms with Crippen molar-refractivity contribution in [2.24, 2.45) is 5.41 Å². The van der Waals surface area contributed by atoms with E-state index < -0.39 is 0 Å². The van der Waals surface area contributed by atoms with Gasteiger partial charge in [0.25, 0.3) is 0 Å². The minimum absolute atomic E-state index is 0.276. The van der Waals surface area contributed by atoms with Crippen LogP contribution in [0.15, 0.2) is 53.9 Å². The Morgan fingerprint density at radius 3 is 2.56 bits per heavy atom. The third kappa shape index (κ3) is 5.55. The monoisotopic (exact) mass is 504 g/mol. The first-order valence-electron chi connectivity index (χ1n) is 12.8. The molecule has 0 bridgehead atoms. The van der Waals surface area contributed by atoms with Crippen LogP contribution in [0.25, 0.3) is 10.9 Å². The van der Waals surface area contributed by atoms with Crippen LogP contribution in [0.1, 0.15) is 48.4 Å². The molecule has 5 rings (SSSR count). The minimum atomic E-state index is 0.276. The van der Waals surface area contributed by atoms with E-state index >= 15 is 0 Å². The van der Waals surface area contributed by atoms with E-state index in [1.807, 2.05) is 18.2 Å². The molecule has 0 saturated carbocycles. The predicted octanol–water partition coefficient (Wildman–Crippen LogP) is 6.56. The lowest BCUT2D eigenvalue weighted by molar-refractivity contribution is 0.102. The molecular weight excluding hydrogens is 468 g/mol. The van der Waals surface area contributed by atoms with Gasteiger partial charge in [0.05, 0.1) is 0 Å². The number of aryl methyl sites for hydroxylation is 1. The zero-order valence-corrected chi connectivity index (χ0v) is 22.3. The Bertz CT molecular complexity index is 1340. The molecule has 0 aliphatic carbocycles. The SMILES string of the molecule is Cc1c(Cc2cc(O)cs2)n(Cc2ccc(OCCN3CCCC(C)(C)C3)cc2)c2ccc(O)cc12. The predicted molar refractivity (Wildman–Crippen MR) is 148 cm³/mol. The fourth-order valence-electron chi connectivity index (χ4n) is 5.50. The van der Waals surface area contributed by atoms with Gasteiger partial charge in [-0.05, 0) is 79.3 Å². The maximum absolute atomic E-state index is 10.1. The molecule has 2 N–H and O–H groups in total. The van der Waals surface area contributed by atoms with E-state index in [4.69, 9.17) is 4.74 Å². The summed E-state index contributed by atoms with van der Waals surface area (Å²) in [6.45, 7) is 11.5. The van der Waals surface area contributed by atoms with Gasteiger partial charge in [-0.3, -0.25) is 4.90 Å². The van der Waals surface area contributed by atoms with Crippen LogP contribution in [-0.4, -0.2) is 45.9 Å². The van der Waals surface area contributed by atoms with Crippen molar-refractivity contribution in [3.63, 3.8) is 0 Å². The summed E-state index contributed by atoms with van der Waals surface area (Å²) in [4.78, 5) is 3.63. The molecule has 6 heteroatoms. The number of thiophene rings is 1. The van der Waals surface area contributed by atoms with Crippen molar-refractivity contribution in [2.45, 2.75) is 46.6 Å². The average Bonchev–Trinajstić information content (AvgIpc) is 3.36. The van der Waals surface area contributed by atoms with Crippen LogP contribution in [0.4, 0.5) is 0 Å². The summed E-state index contributed by atoms with van der Waals surface area (Å²) in [5.74, 6) is 1.49. The summed E-state index contributed by atoms with van der Waals surface area (Å²) >= 11 is 1.57. The number of rotatable bonds is 8. The number of ether oxygens (including phenoxy) is 1. The molecule has 36 heavy (non-hydrogen) atoms. The van der Waals surface area contributed by atoms with Crippen molar-refractivity contribution < 1.29 is 14.9 Å². The standard InChI is InChI=1S/C30H36N2O3S/c1-21-27-16-23(33)7-10-28(27)32(29(21)17-26-15-24(34)19-36-26)18-22-5-8-25(9-6-22)35-14-13-31-12-4-11-30(2,3)20-31/h5-10,15-16,19,33-34H,4,11-14,17-18,20H2,1-3H3. The number of phenols is 1. The van der Waals surface area contributed by atoms with Crippen molar-refractivity contribution in [3.8, 4) is 17.2 Å². The number of aromatic hydroxyl groups is 2. The first-order chi connectivity index (χ1) is 17.3. The van der Waals surface area contributed by atoms with E-state index in [1.165, 1.54) is 30.6 Å². The van der Waals surface area contributed by atoms with Crippen LogP contribution < -0.4 is 4.74 Å². The van der Waals surface area contributed by atoms with Crippen LogP contribution in [-0.2, 0) is 13.0 Å². The van der Waals surface area contributed by atoms with Gasteiger partial charge in [-0.25, -0.2) is 0 Å². The normalized spacial score (nSPS) is 16.0. The Morgan fingerprint density at radius 2 is 1.83 bits per heavy atom. The lowest BCUT2D eigenvalue weighted by atomic mass is 9.84. The summed E-state index contributed by atoms with van der Waals surface area (Å²) in [7, 11) is 0. The third-order valence-corrected chi connectivity index (χ3v) is 8.26. The number of fused-ring (bicyclic) bond motifs is 1. The molecule has 0 amide bonds. The van der Waals surface area contributed by atoms with Gasteiger partial charge < -0.3 is 19.5 Å². The number of piperidine rings is 1. The molecule has 190 valence electrons. The summed E-state index contributed by atoms with van der Waals surface area (Å²) < 4.78 is 8.40. The molecule has 1 saturated heterocycles. The number of nitrogens with zero attached hydrogens (tertiary/aromatic N) is 2. The van der Waals surface area contributed by atoms with Gasteiger partial charge in [0.2, 0.25) is 0 Å². The Kier molecular flexibility index (Phi) is 7.00. The highest BCUT2D eigenvalue weighted by molar-refractivity contribution is 7.10.